The summed E-state index contributed by atoms with van der Waals surface area (Å²) in [6, 6.07) is 3.80. The molecular weight excluding hydrogens is 206 g/mol. The summed E-state index contributed by atoms with van der Waals surface area (Å²) in [5, 5.41) is 3.42. The van der Waals surface area contributed by atoms with Crippen molar-refractivity contribution >= 4 is 23.3 Å². The largest absolute Gasteiger partial charge is 0.384 e. The molecule has 2 heterocycles. The lowest BCUT2D eigenvalue weighted by atomic mass is 10.1. The number of nitrogens with zero attached hydrogens (tertiary/aromatic N) is 1. The fourth-order valence-corrected chi connectivity index (χ4v) is 3.02. The third-order valence-corrected chi connectivity index (χ3v) is 4.29. The van der Waals surface area contributed by atoms with Crippen molar-refractivity contribution in [1.29, 1.82) is 0 Å². The molecule has 1 unspecified atom stereocenters. The Labute approximate surface area is 94.8 Å². The molecule has 0 radical (unpaired) electrons. The molecule has 0 aliphatic carbocycles. The molecule has 1 aliphatic rings. The van der Waals surface area contributed by atoms with Gasteiger partial charge in [-0.05, 0) is 37.7 Å². The van der Waals surface area contributed by atoms with E-state index in [1.165, 1.54) is 18.6 Å². The van der Waals surface area contributed by atoms with Gasteiger partial charge in [0, 0.05) is 11.3 Å². The van der Waals surface area contributed by atoms with E-state index in [4.69, 9.17) is 5.73 Å². The van der Waals surface area contributed by atoms with Crippen molar-refractivity contribution < 1.29 is 0 Å². The van der Waals surface area contributed by atoms with Gasteiger partial charge in [-0.3, -0.25) is 0 Å². The molecule has 3 N–H and O–H groups in total. The van der Waals surface area contributed by atoms with Crippen LogP contribution >= 0.6 is 11.8 Å². The number of thioether (sulfide) groups is 1. The molecule has 1 atom stereocenters. The fourth-order valence-electron chi connectivity index (χ4n) is 1.78. The van der Waals surface area contributed by atoms with Crippen LogP contribution in [0.15, 0.2) is 18.3 Å². The zero-order valence-corrected chi connectivity index (χ0v) is 9.81. The van der Waals surface area contributed by atoms with E-state index in [2.05, 4.69) is 29.0 Å². The van der Waals surface area contributed by atoms with Gasteiger partial charge in [0.05, 0.1) is 11.9 Å². The van der Waals surface area contributed by atoms with Gasteiger partial charge in [-0.1, -0.05) is 0 Å². The summed E-state index contributed by atoms with van der Waals surface area (Å²) in [5.74, 6) is 1.86. The minimum atomic E-state index is 0.390. The summed E-state index contributed by atoms with van der Waals surface area (Å²) in [6.07, 6.45) is 4.42. The van der Waals surface area contributed by atoms with Crippen LogP contribution in [0.25, 0.3) is 0 Å². The SMILES string of the molecule is CC1(CNc2ccc(N)nc2)CCCS1. The summed E-state index contributed by atoms with van der Waals surface area (Å²) in [4.78, 5) is 4.06. The van der Waals surface area contributed by atoms with Gasteiger partial charge in [-0.25, -0.2) is 4.98 Å². The van der Waals surface area contributed by atoms with E-state index in [1.54, 1.807) is 6.20 Å². The predicted molar refractivity (Wildman–Crippen MR) is 67.2 cm³/mol. The van der Waals surface area contributed by atoms with Crippen molar-refractivity contribution in [2.24, 2.45) is 0 Å². The lowest BCUT2D eigenvalue weighted by molar-refractivity contribution is 0.635. The molecule has 1 fully saturated rings. The third kappa shape index (κ3) is 2.78. The third-order valence-electron chi connectivity index (χ3n) is 2.75. The van der Waals surface area contributed by atoms with Crippen molar-refractivity contribution in [3.63, 3.8) is 0 Å². The van der Waals surface area contributed by atoms with E-state index in [-0.39, 0.29) is 0 Å². The minimum Gasteiger partial charge on any atom is -0.384 e. The van der Waals surface area contributed by atoms with Crippen LogP contribution in [0.5, 0.6) is 0 Å². The first-order valence-electron chi connectivity index (χ1n) is 5.27. The van der Waals surface area contributed by atoms with Crippen molar-refractivity contribution in [1.82, 2.24) is 4.98 Å². The maximum Gasteiger partial charge on any atom is 0.123 e. The predicted octanol–water partition coefficient (Wildman–Crippen LogP) is 2.36. The smallest absolute Gasteiger partial charge is 0.123 e. The molecular formula is C11H17N3S. The number of hydrogen-bond donors (Lipinski definition) is 2. The molecule has 0 spiro atoms. The van der Waals surface area contributed by atoms with Crippen LogP contribution in [-0.2, 0) is 0 Å². The van der Waals surface area contributed by atoms with Crippen LogP contribution in [0.4, 0.5) is 11.5 Å². The van der Waals surface area contributed by atoms with Gasteiger partial charge in [-0.15, -0.1) is 0 Å². The van der Waals surface area contributed by atoms with Gasteiger partial charge in [0.25, 0.3) is 0 Å². The van der Waals surface area contributed by atoms with Crippen molar-refractivity contribution in [3.05, 3.63) is 18.3 Å². The number of nitrogens with one attached hydrogen (secondary N) is 1. The lowest BCUT2D eigenvalue weighted by Crippen LogP contribution is -2.27. The van der Waals surface area contributed by atoms with Crippen LogP contribution in [0.1, 0.15) is 19.8 Å². The summed E-state index contributed by atoms with van der Waals surface area (Å²) in [6.45, 7) is 3.33. The first kappa shape index (κ1) is 10.6. The number of rotatable bonds is 3. The highest BCUT2D eigenvalue weighted by atomic mass is 32.2. The zero-order valence-electron chi connectivity index (χ0n) is 8.99. The molecule has 0 bridgehead atoms. The van der Waals surface area contributed by atoms with E-state index in [9.17, 15) is 0 Å². The monoisotopic (exact) mass is 223 g/mol. The molecule has 1 aromatic rings. The Balaban J connectivity index is 1.90. The molecule has 0 amide bonds. The second-order valence-corrected chi connectivity index (χ2v) is 5.91. The quantitative estimate of drug-likeness (QED) is 0.826. The van der Waals surface area contributed by atoms with Crippen LogP contribution in [0, 0.1) is 0 Å². The van der Waals surface area contributed by atoms with Gasteiger partial charge < -0.3 is 11.1 Å². The molecule has 1 aliphatic heterocycles. The Morgan fingerprint density at radius 3 is 3.07 bits per heavy atom. The topological polar surface area (TPSA) is 50.9 Å². The average molecular weight is 223 g/mol. The maximum atomic E-state index is 5.53. The Kier molecular flexibility index (Phi) is 3.05. The summed E-state index contributed by atoms with van der Waals surface area (Å²) >= 11 is 2.06. The van der Waals surface area contributed by atoms with Crippen LogP contribution < -0.4 is 11.1 Å². The van der Waals surface area contributed by atoms with Gasteiger partial charge in [-0.2, -0.15) is 11.8 Å². The molecule has 82 valence electrons. The fraction of sp³-hybridized carbons (Fsp3) is 0.545. The van der Waals surface area contributed by atoms with Gasteiger partial charge in [0.2, 0.25) is 0 Å². The number of nitrogens with two attached hydrogens (primary N) is 1. The second kappa shape index (κ2) is 4.31. The van der Waals surface area contributed by atoms with E-state index < -0.39 is 0 Å². The first-order valence-corrected chi connectivity index (χ1v) is 6.26. The summed E-state index contributed by atoms with van der Waals surface area (Å²) in [7, 11) is 0. The second-order valence-electron chi connectivity index (χ2n) is 4.23. The van der Waals surface area contributed by atoms with Crippen LogP contribution in [-0.4, -0.2) is 22.0 Å². The minimum absolute atomic E-state index is 0.390. The summed E-state index contributed by atoms with van der Waals surface area (Å²) in [5.41, 5.74) is 6.58. The van der Waals surface area contributed by atoms with E-state index in [0.717, 1.165) is 12.2 Å². The number of nitrogen functional groups attached to an aromatic ring is 1. The normalized spacial score (nSPS) is 25.4. The van der Waals surface area contributed by atoms with E-state index in [1.807, 2.05) is 12.1 Å². The molecule has 1 aromatic heterocycles. The van der Waals surface area contributed by atoms with Crippen molar-refractivity contribution in [2.45, 2.75) is 24.5 Å². The molecule has 15 heavy (non-hydrogen) atoms. The Morgan fingerprint density at radius 2 is 2.47 bits per heavy atom. The number of anilines is 2. The maximum absolute atomic E-state index is 5.53. The highest BCUT2D eigenvalue weighted by Crippen LogP contribution is 2.37. The molecule has 0 aromatic carbocycles. The summed E-state index contributed by atoms with van der Waals surface area (Å²) < 4.78 is 0.390. The lowest BCUT2D eigenvalue weighted by Gasteiger charge is -2.23. The number of aromatic nitrogens is 1. The molecule has 1 saturated heterocycles. The van der Waals surface area contributed by atoms with E-state index in [0.29, 0.717) is 10.6 Å². The van der Waals surface area contributed by atoms with E-state index >= 15 is 0 Å². The number of hydrogen-bond acceptors (Lipinski definition) is 4. The molecule has 4 heteroatoms. The Morgan fingerprint density at radius 1 is 1.60 bits per heavy atom. The number of pyridine rings is 1. The van der Waals surface area contributed by atoms with Gasteiger partial charge in [0.1, 0.15) is 5.82 Å². The van der Waals surface area contributed by atoms with Crippen molar-refractivity contribution in [3.8, 4) is 0 Å². The standard InChI is InChI=1S/C11H17N3S/c1-11(5-2-6-15-11)8-14-9-3-4-10(12)13-7-9/h3-4,7,14H,2,5-6,8H2,1H3,(H2,12,13). The van der Waals surface area contributed by atoms with Crippen LogP contribution in [0.2, 0.25) is 0 Å². The first-order chi connectivity index (χ1) is 7.18. The van der Waals surface area contributed by atoms with Crippen LogP contribution in [0.3, 0.4) is 0 Å². The zero-order chi connectivity index (χ0) is 10.7. The van der Waals surface area contributed by atoms with Gasteiger partial charge >= 0.3 is 0 Å². The molecule has 0 saturated carbocycles. The highest BCUT2D eigenvalue weighted by molar-refractivity contribution is 8.00. The average Bonchev–Trinajstić information content (AvgIpc) is 2.65. The Bertz CT molecular complexity index is 317. The Hall–Kier alpha value is -0.900. The molecule has 2 rings (SSSR count). The van der Waals surface area contributed by atoms with Gasteiger partial charge in [0.15, 0.2) is 0 Å². The molecule has 3 nitrogen and oxygen atoms in total. The van der Waals surface area contributed by atoms with Crippen molar-refractivity contribution in [2.75, 3.05) is 23.3 Å². The highest BCUT2D eigenvalue weighted by Gasteiger charge is 2.28.